The van der Waals surface area contributed by atoms with Gasteiger partial charge in [0.25, 0.3) is 0 Å². The molecule has 0 bridgehead atoms. The molecule has 1 N–H and O–H groups in total. The zero-order valence-corrected chi connectivity index (χ0v) is 14.2. The van der Waals surface area contributed by atoms with Crippen LogP contribution in [0.3, 0.4) is 0 Å². The monoisotopic (exact) mass is 317 g/mol. The Bertz CT molecular complexity index is 490. The molecule has 0 spiro atoms. The van der Waals surface area contributed by atoms with Gasteiger partial charge in [-0.2, -0.15) is 0 Å². The average molecular weight is 317 g/mol. The number of amides is 2. The van der Waals surface area contributed by atoms with E-state index in [0.717, 1.165) is 13.1 Å². The summed E-state index contributed by atoms with van der Waals surface area (Å²) in [4.78, 5) is 13.9. The normalized spacial score (nSPS) is 26.8. The van der Waals surface area contributed by atoms with Gasteiger partial charge in [-0.3, -0.25) is 0 Å². The van der Waals surface area contributed by atoms with Gasteiger partial charge in [-0.15, -0.1) is 0 Å². The van der Waals surface area contributed by atoms with Gasteiger partial charge in [-0.1, -0.05) is 20.8 Å². The van der Waals surface area contributed by atoms with Crippen molar-refractivity contribution in [3.05, 3.63) is 0 Å². The van der Waals surface area contributed by atoms with E-state index in [0.29, 0.717) is 43.3 Å². The number of fused-ring (bicyclic) bond motifs is 1. The van der Waals surface area contributed by atoms with Gasteiger partial charge < -0.3 is 10.2 Å². The molecule has 1 aliphatic heterocycles. The zero-order chi connectivity index (χ0) is 15.8. The Morgan fingerprint density at radius 2 is 1.90 bits per heavy atom. The van der Waals surface area contributed by atoms with Crippen molar-refractivity contribution in [2.45, 2.75) is 27.2 Å². The minimum absolute atomic E-state index is 0.0135. The van der Waals surface area contributed by atoms with Crippen LogP contribution in [-0.2, 0) is 10.0 Å². The standard InChI is InChI=1S/C14H27N3O3S/c1-5-17(21(4,19)20)8-6-7-15-13(18)16-9-11-12(10-16)14(11,2)3/h11-12H,5-10H2,1-4H3,(H,15,18)/t11-,12-/m0/s1. The summed E-state index contributed by atoms with van der Waals surface area (Å²) >= 11 is 0. The van der Waals surface area contributed by atoms with Crippen molar-refractivity contribution in [2.75, 3.05) is 39.0 Å². The lowest BCUT2D eigenvalue weighted by Gasteiger charge is -2.23. The summed E-state index contributed by atoms with van der Waals surface area (Å²) in [5, 5.41) is 2.89. The number of carbonyl (C=O) groups is 1. The summed E-state index contributed by atoms with van der Waals surface area (Å²) in [6.45, 7) is 9.50. The fourth-order valence-corrected chi connectivity index (χ4v) is 4.35. The second-order valence-electron chi connectivity index (χ2n) is 6.78. The molecule has 2 rings (SSSR count). The Hall–Kier alpha value is -0.820. The predicted molar refractivity (Wildman–Crippen MR) is 82.4 cm³/mol. The van der Waals surface area contributed by atoms with Gasteiger partial charge in [0.2, 0.25) is 10.0 Å². The molecule has 2 atom stereocenters. The van der Waals surface area contributed by atoms with Crippen LogP contribution in [0, 0.1) is 17.3 Å². The largest absolute Gasteiger partial charge is 0.338 e. The molecule has 21 heavy (non-hydrogen) atoms. The third-order valence-corrected chi connectivity index (χ3v) is 6.47. The van der Waals surface area contributed by atoms with Gasteiger partial charge in [-0.25, -0.2) is 17.5 Å². The van der Waals surface area contributed by atoms with E-state index in [4.69, 9.17) is 0 Å². The van der Waals surface area contributed by atoms with Crippen LogP contribution < -0.4 is 5.32 Å². The third-order valence-electron chi connectivity index (χ3n) is 5.09. The van der Waals surface area contributed by atoms with E-state index in [1.807, 2.05) is 11.8 Å². The second kappa shape index (κ2) is 5.76. The number of sulfonamides is 1. The van der Waals surface area contributed by atoms with E-state index in [9.17, 15) is 13.2 Å². The molecular formula is C14H27N3O3S. The second-order valence-corrected chi connectivity index (χ2v) is 8.76. The van der Waals surface area contributed by atoms with E-state index in [2.05, 4.69) is 19.2 Å². The minimum atomic E-state index is -3.14. The summed E-state index contributed by atoms with van der Waals surface area (Å²) in [5.74, 6) is 1.31. The Morgan fingerprint density at radius 1 is 1.33 bits per heavy atom. The topological polar surface area (TPSA) is 69.7 Å². The van der Waals surface area contributed by atoms with Gasteiger partial charge in [0, 0.05) is 32.7 Å². The van der Waals surface area contributed by atoms with Crippen LogP contribution in [0.1, 0.15) is 27.2 Å². The number of hydrogen-bond donors (Lipinski definition) is 1. The highest BCUT2D eigenvalue weighted by Gasteiger charge is 2.62. The molecule has 0 aromatic carbocycles. The molecule has 1 aliphatic carbocycles. The first kappa shape index (κ1) is 16.5. The summed E-state index contributed by atoms with van der Waals surface area (Å²) < 4.78 is 24.3. The Kier molecular flexibility index (Phi) is 4.54. The molecule has 122 valence electrons. The number of nitrogens with zero attached hydrogens (tertiary/aromatic N) is 2. The van der Waals surface area contributed by atoms with E-state index in [1.54, 1.807) is 0 Å². The van der Waals surface area contributed by atoms with E-state index >= 15 is 0 Å². The Labute approximate surface area is 127 Å². The lowest BCUT2D eigenvalue weighted by atomic mass is 10.1. The van der Waals surface area contributed by atoms with Gasteiger partial charge in [0.15, 0.2) is 0 Å². The summed E-state index contributed by atoms with van der Waals surface area (Å²) in [6.07, 6.45) is 1.85. The number of piperidine rings is 1. The van der Waals surface area contributed by atoms with Crippen LogP contribution in [0.2, 0.25) is 0 Å². The van der Waals surface area contributed by atoms with Crippen molar-refractivity contribution < 1.29 is 13.2 Å². The van der Waals surface area contributed by atoms with Crippen molar-refractivity contribution in [1.82, 2.24) is 14.5 Å². The van der Waals surface area contributed by atoms with Crippen LogP contribution in [0.4, 0.5) is 4.79 Å². The zero-order valence-electron chi connectivity index (χ0n) is 13.4. The molecule has 0 unspecified atom stereocenters. The number of likely N-dealkylation sites (tertiary alicyclic amines) is 1. The molecule has 6 nitrogen and oxygen atoms in total. The van der Waals surface area contributed by atoms with Crippen LogP contribution in [0.5, 0.6) is 0 Å². The molecule has 2 amide bonds. The number of urea groups is 1. The third kappa shape index (κ3) is 3.51. The molecule has 1 saturated carbocycles. The SMILES string of the molecule is CCN(CCCNC(=O)N1C[C@H]2[C@H](C1)C2(C)C)S(C)(=O)=O. The van der Waals surface area contributed by atoms with Gasteiger partial charge in [-0.05, 0) is 23.7 Å². The van der Waals surface area contributed by atoms with Gasteiger partial charge >= 0.3 is 6.03 Å². The number of hydrogen-bond acceptors (Lipinski definition) is 3. The average Bonchev–Trinajstić information content (AvgIpc) is 2.79. The molecule has 2 aliphatic rings. The van der Waals surface area contributed by atoms with Crippen LogP contribution in [-0.4, -0.2) is 62.6 Å². The lowest BCUT2D eigenvalue weighted by molar-refractivity contribution is 0.196. The summed E-state index contributed by atoms with van der Waals surface area (Å²) in [7, 11) is -3.14. The highest BCUT2D eigenvalue weighted by Crippen LogP contribution is 2.61. The maximum absolute atomic E-state index is 12.0. The molecule has 7 heteroatoms. The number of nitrogens with one attached hydrogen (secondary N) is 1. The first-order valence-electron chi connectivity index (χ1n) is 7.65. The van der Waals surface area contributed by atoms with E-state index in [-0.39, 0.29) is 6.03 Å². The molecule has 0 radical (unpaired) electrons. The number of rotatable bonds is 6. The van der Waals surface area contributed by atoms with Gasteiger partial charge in [0.1, 0.15) is 0 Å². The fourth-order valence-electron chi connectivity index (χ4n) is 3.42. The smallest absolute Gasteiger partial charge is 0.317 e. The van der Waals surface area contributed by atoms with E-state index in [1.165, 1.54) is 10.6 Å². The quantitative estimate of drug-likeness (QED) is 0.742. The van der Waals surface area contributed by atoms with E-state index < -0.39 is 10.0 Å². The summed E-state index contributed by atoms with van der Waals surface area (Å²) in [6, 6.07) is -0.0135. The van der Waals surface area contributed by atoms with Crippen molar-refractivity contribution in [3.8, 4) is 0 Å². The maximum atomic E-state index is 12.0. The highest BCUT2D eigenvalue weighted by atomic mass is 32.2. The molecule has 1 saturated heterocycles. The van der Waals surface area contributed by atoms with Gasteiger partial charge in [0.05, 0.1) is 6.26 Å². The first-order chi connectivity index (χ1) is 9.67. The Morgan fingerprint density at radius 3 is 2.38 bits per heavy atom. The molecular weight excluding hydrogens is 290 g/mol. The highest BCUT2D eigenvalue weighted by molar-refractivity contribution is 7.88. The predicted octanol–water partition coefficient (Wildman–Crippen LogP) is 0.955. The first-order valence-corrected chi connectivity index (χ1v) is 9.50. The Balaban J connectivity index is 1.65. The van der Waals surface area contributed by atoms with Crippen molar-refractivity contribution in [3.63, 3.8) is 0 Å². The molecule has 1 heterocycles. The van der Waals surface area contributed by atoms with Crippen LogP contribution in [0.15, 0.2) is 0 Å². The fraction of sp³-hybridized carbons (Fsp3) is 0.929. The van der Waals surface area contributed by atoms with Crippen LogP contribution in [0.25, 0.3) is 0 Å². The van der Waals surface area contributed by atoms with Crippen LogP contribution >= 0.6 is 0 Å². The molecule has 2 fully saturated rings. The van der Waals surface area contributed by atoms with Crippen molar-refractivity contribution in [2.24, 2.45) is 17.3 Å². The minimum Gasteiger partial charge on any atom is -0.338 e. The van der Waals surface area contributed by atoms with Crippen molar-refractivity contribution in [1.29, 1.82) is 0 Å². The van der Waals surface area contributed by atoms with Crippen molar-refractivity contribution >= 4 is 16.1 Å². The summed E-state index contributed by atoms with van der Waals surface area (Å²) in [5.41, 5.74) is 0.411. The maximum Gasteiger partial charge on any atom is 0.317 e. The molecule has 0 aromatic rings. The molecule has 0 aromatic heterocycles. The number of carbonyl (C=O) groups excluding carboxylic acids is 1. The lowest BCUT2D eigenvalue weighted by Crippen LogP contribution is -2.42.